The van der Waals surface area contributed by atoms with Gasteiger partial charge in [0.15, 0.2) is 0 Å². The highest BCUT2D eigenvalue weighted by atomic mass is 16.2. The smallest absolute Gasteiger partial charge is 0.223 e. The lowest BCUT2D eigenvalue weighted by Crippen LogP contribution is -2.26. The van der Waals surface area contributed by atoms with E-state index in [1.165, 1.54) is 11.1 Å². The van der Waals surface area contributed by atoms with Crippen molar-refractivity contribution in [2.75, 3.05) is 13.1 Å². The van der Waals surface area contributed by atoms with E-state index < -0.39 is 0 Å². The van der Waals surface area contributed by atoms with Crippen molar-refractivity contribution in [2.24, 2.45) is 5.92 Å². The minimum atomic E-state index is 0.220. The van der Waals surface area contributed by atoms with Gasteiger partial charge < -0.3 is 5.32 Å². The van der Waals surface area contributed by atoms with Crippen LogP contribution in [0.15, 0.2) is 24.3 Å². The Morgan fingerprint density at radius 1 is 1.21 bits per heavy atom. The molecule has 0 unspecified atom stereocenters. The number of hydrogen-bond donors (Lipinski definition) is 1. The Balaban J connectivity index is 1.96. The summed E-state index contributed by atoms with van der Waals surface area (Å²) in [4.78, 5) is 14.1. The van der Waals surface area contributed by atoms with Crippen molar-refractivity contribution in [3.63, 3.8) is 0 Å². The van der Waals surface area contributed by atoms with Gasteiger partial charge in [-0.05, 0) is 37.1 Å². The van der Waals surface area contributed by atoms with E-state index >= 15 is 0 Å². The van der Waals surface area contributed by atoms with Gasteiger partial charge in [-0.15, -0.1) is 0 Å². The maximum atomic E-state index is 11.7. The summed E-state index contributed by atoms with van der Waals surface area (Å²) in [5.41, 5.74) is 2.56. The van der Waals surface area contributed by atoms with Crippen LogP contribution in [0.25, 0.3) is 0 Å². The molecule has 1 aliphatic carbocycles. The number of benzene rings is 1. The van der Waals surface area contributed by atoms with E-state index in [-0.39, 0.29) is 11.8 Å². The molecule has 1 aliphatic rings. The van der Waals surface area contributed by atoms with E-state index in [0.29, 0.717) is 6.54 Å². The lowest BCUT2D eigenvalue weighted by atomic mass is 10.1. The van der Waals surface area contributed by atoms with Gasteiger partial charge in [-0.2, -0.15) is 0 Å². The molecule has 2 rings (SSSR count). The highest BCUT2D eigenvalue weighted by Crippen LogP contribution is 2.28. The molecular formula is C16H24N2O. The molecule has 1 saturated carbocycles. The molecule has 0 atom stereocenters. The van der Waals surface area contributed by atoms with Crippen LogP contribution in [-0.2, 0) is 17.9 Å². The van der Waals surface area contributed by atoms with Crippen LogP contribution in [0.5, 0.6) is 0 Å². The number of rotatable bonds is 7. The molecule has 1 amide bonds. The molecule has 1 fully saturated rings. The maximum absolute atomic E-state index is 11.7. The Morgan fingerprint density at radius 2 is 1.84 bits per heavy atom. The molecule has 0 aromatic heterocycles. The minimum Gasteiger partial charge on any atom is -0.352 e. The second-order valence-corrected chi connectivity index (χ2v) is 5.22. The normalized spacial score (nSPS) is 14.7. The Morgan fingerprint density at radius 3 is 2.42 bits per heavy atom. The Kier molecular flexibility index (Phi) is 4.97. The Labute approximate surface area is 116 Å². The Bertz CT molecular complexity index is 423. The van der Waals surface area contributed by atoms with Crippen molar-refractivity contribution in [2.45, 2.75) is 39.8 Å². The fraction of sp³-hybridized carbons (Fsp3) is 0.562. The fourth-order valence-electron chi connectivity index (χ4n) is 2.24. The summed E-state index contributed by atoms with van der Waals surface area (Å²) in [5.74, 6) is 0.507. The fourth-order valence-corrected chi connectivity index (χ4v) is 2.24. The average Bonchev–Trinajstić information content (AvgIpc) is 3.27. The molecule has 0 bridgehead atoms. The first kappa shape index (κ1) is 14.1. The van der Waals surface area contributed by atoms with Crippen LogP contribution in [-0.4, -0.2) is 23.9 Å². The van der Waals surface area contributed by atoms with Crippen molar-refractivity contribution < 1.29 is 4.79 Å². The summed E-state index contributed by atoms with van der Waals surface area (Å²) >= 11 is 0. The van der Waals surface area contributed by atoms with E-state index in [0.717, 1.165) is 32.5 Å². The van der Waals surface area contributed by atoms with Gasteiger partial charge in [-0.1, -0.05) is 38.1 Å². The molecule has 0 spiro atoms. The van der Waals surface area contributed by atoms with E-state index in [2.05, 4.69) is 42.3 Å². The van der Waals surface area contributed by atoms with Crippen molar-refractivity contribution in [1.29, 1.82) is 0 Å². The zero-order chi connectivity index (χ0) is 13.7. The monoisotopic (exact) mass is 260 g/mol. The van der Waals surface area contributed by atoms with Gasteiger partial charge in [0.1, 0.15) is 0 Å². The van der Waals surface area contributed by atoms with Crippen LogP contribution < -0.4 is 5.32 Å². The second-order valence-electron chi connectivity index (χ2n) is 5.22. The lowest BCUT2D eigenvalue weighted by molar-refractivity contribution is -0.122. The van der Waals surface area contributed by atoms with Crippen LogP contribution >= 0.6 is 0 Å². The van der Waals surface area contributed by atoms with Crippen molar-refractivity contribution in [3.05, 3.63) is 35.4 Å². The molecule has 1 aromatic carbocycles. The Hall–Kier alpha value is -1.35. The van der Waals surface area contributed by atoms with Crippen LogP contribution in [0.1, 0.15) is 37.8 Å². The zero-order valence-electron chi connectivity index (χ0n) is 12.0. The maximum Gasteiger partial charge on any atom is 0.223 e. The minimum absolute atomic E-state index is 0.220. The van der Waals surface area contributed by atoms with E-state index in [9.17, 15) is 4.79 Å². The van der Waals surface area contributed by atoms with Crippen molar-refractivity contribution >= 4 is 5.91 Å². The van der Waals surface area contributed by atoms with E-state index in [4.69, 9.17) is 0 Å². The average molecular weight is 260 g/mol. The molecule has 19 heavy (non-hydrogen) atoms. The quantitative estimate of drug-likeness (QED) is 0.817. The first-order chi connectivity index (χ1) is 9.24. The number of amides is 1. The third kappa shape index (κ3) is 4.06. The van der Waals surface area contributed by atoms with Crippen LogP contribution in [0.2, 0.25) is 0 Å². The molecule has 3 heteroatoms. The van der Waals surface area contributed by atoms with Gasteiger partial charge in [0.2, 0.25) is 5.91 Å². The lowest BCUT2D eigenvalue weighted by Gasteiger charge is -2.20. The third-order valence-electron chi connectivity index (χ3n) is 3.81. The summed E-state index contributed by atoms with van der Waals surface area (Å²) in [6, 6.07) is 8.40. The number of carbonyl (C=O) groups is 1. The van der Waals surface area contributed by atoms with E-state index in [1.54, 1.807) is 0 Å². The molecule has 104 valence electrons. The first-order valence-electron chi connectivity index (χ1n) is 7.31. The standard InChI is InChI=1S/C16H24N2O/c1-3-18(4-2)12-15-8-6-5-7-14(15)11-17-16(19)13-9-10-13/h5-8,13H,3-4,9-12H2,1-2H3,(H,17,19). The summed E-state index contributed by atoms with van der Waals surface area (Å²) in [5, 5.41) is 3.05. The molecule has 0 radical (unpaired) electrons. The third-order valence-corrected chi connectivity index (χ3v) is 3.81. The molecule has 0 heterocycles. The van der Waals surface area contributed by atoms with E-state index in [1.807, 2.05) is 6.07 Å². The molecule has 0 aliphatic heterocycles. The van der Waals surface area contributed by atoms with Gasteiger partial charge >= 0.3 is 0 Å². The number of carbonyl (C=O) groups excluding carboxylic acids is 1. The van der Waals surface area contributed by atoms with Gasteiger partial charge in [0.25, 0.3) is 0 Å². The number of nitrogens with zero attached hydrogens (tertiary/aromatic N) is 1. The molecule has 0 saturated heterocycles. The largest absolute Gasteiger partial charge is 0.352 e. The highest BCUT2D eigenvalue weighted by molar-refractivity contribution is 5.80. The number of hydrogen-bond acceptors (Lipinski definition) is 2. The van der Waals surface area contributed by atoms with Crippen molar-refractivity contribution in [3.8, 4) is 0 Å². The summed E-state index contributed by atoms with van der Waals surface area (Å²) in [7, 11) is 0. The van der Waals surface area contributed by atoms with Crippen LogP contribution in [0, 0.1) is 5.92 Å². The topological polar surface area (TPSA) is 32.3 Å². The summed E-state index contributed by atoms with van der Waals surface area (Å²) < 4.78 is 0. The zero-order valence-corrected chi connectivity index (χ0v) is 12.0. The predicted molar refractivity (Wildman–Crippen MR) is 77.6 cm³/mol. The summed E-state index contributed by atoms with van der Waals surface area (Å²) in [6.07, 6.45) is 2.12. The SMILES string of the molecule is CCN(CC)Cc1ccccc1CNC(=O)C1CC1. The molecule has 3 nitrogen and oxygen atoms in total. The molecule has 1 N–H and O–H groups in total. The van der Waals surface area contributed by atoms with Gasteiger partial charge in [0, 0.05) is 19.0 Å². The first-order valence-corrected chi connectivity index (χ1v) is 7.31. The second kappa shape index (κ2) is 6.71. The summed E-state index contributed by atoms with van der Waals surface area (Å²) in [6.45, 7) is 8.09. The molecule has 1 aromatic rings. The van der Waals surface area contributed by atoms with Crippen LogP contribution in [0.4, 0.5) is 0 Å². The molecular weight excluding hydrogens is 236 g/mol. The number of nitrogens with one attached hydrogen (secondary N) is 1. The van der Waals surface area contributed by atoms with Gasteiger partial charge in [-0.25, -0.2) is 0 Å². The van der Waals surface area contributed by atoms with Gasteiger partial charge in [-0.3, -0.25) is 9.69 Å². The van der Waals surface area contributed by atoms with Crippen LogP contribution in [0.3, 0.4) is 0 Å². The van der Waals surface area contributed by atoms with Crippen molar-refractivity contribution in [1.82, 2.24) is 10.2 Å². The predicted octanol–water partition coefficient (Wildman–Crippen LogP) is 2.55. The highest BCUT2D eigenvalue weighted by Gasteiger charge is 2.29. The van der Waals surface area contributed by atoms with Gasteiger partial charge in [0.05, 0.1) is 0 Å².